The summed E-state index contributed by atoms with van der Waals surface area (Å²) < 4.78 is 15.9. The van der Waals surface area contributed by atoms with Crippen LogP contribution in [0.15, 0.2) is 41.0 Å². The minimum absolute atomic E-state index is 0.0793. The summed E-state index contributed by atoms with van der Waals surface area (Å²) >= 11 is 0. The summed E-state index contributed by atoms with van der Waals surface area (Å²) in [6.45, 7) is 2.13. The van der Waals surface area contributed by atoms with E-state index < -0.39 is 11.9 Å². The van der Waals surface area contributed by atoms with Gasteiger partial charge in [0.1, 0.15) is 6.04 Å². The zero-order valence-electron chi connectivity index (χ0n) is 21.4. The molecule has 196 valence electrons. The van der Waals surface area contributed by atoms with Gasteiger partial charge in [-0.05, 0) is 49.1 Å². The van der Waals surface area contributed by atoms with Crippen molar-refractivity contribution in [3.8, 4) is 11.5 Å². The van der Waals surface area contributed by atoms with Gasteiger partial charge in [0.15, 0.2) is 17.3 Å². The largest absolute Gasteiger partial charge is 0.493 e. The minimum atomic E-state index is -0.883. The SMILES string of the molecule is CCCCN(C(=O)CNC(=O)c1ccco1)[C@@H](C(=O)NC1CCCCC1)c1ccc(OC)c(OC)c1. The molecule has 0 spiro atoms. The molecule has 0 unspecified atom stereocenters. The van der Waals surface area contributed by atoms with Gasteiger partial charge in [-0.2, -0.15) is 0 Å². The molecule has 1 atom stereocenters. The Kier molecular flexibility index (Phi) is 10.2. The Balaban J connectivity index is 1.89. The molecule has 3 rings (SSSR count). The molecular weight excluding hydrogens is 462 g/mol. The Hall–Kier alpha value is -3.49. The van der Waals surface area contributed by atoms with Gasteiger partial charge in [0.05, 0.1) is 27.0 Å². The van der Waals surface area contributed by atoms with E-state index in [2.05, 4.69) is 10.6 Å². The number of ether oxygens (including phenoxy) is 2. The van der Waals surface area contributed by atoms with E-state index in [0.29, 0.717) is 30.0 Å². The molecule has 9 nitrogen and oxygen atoms in total. The Morgan fingerprint density at radius 2 is 1.83 bits per heavy atom. The Morgan fingerprint density at radius 3 is 2.47 bits per heavy atom. The van der Waals surface area contributed by atoms with Crippen LogP contribution >= 0.6 is 0 Å². The predicted molar refractivity (Wildman–Crippen MR) is 135 cm³/mol. The predicted octanol–water partition coefficient (Wildman–Crippen LogP) is 3.85. The third-order valence-electron chi connectivity index (χ3n) is 6.45. The number of nitrogens with one attached hydrogen (secondary N) is 2. The second kappa shape index (κ2) is 13.6. The van der Waals surface area contributed by atoms with Crippen LogP contribution < -0.4 is 20.1 Å². The van der Waals surface area contributed by atoms with E-state index >= 15 is 0 Å². The van der Waals surface area contributed by atoms with Gasteiger partial charge >= 0.3 is 0 Å². The fourth-order valence-corrected chi connectivity index (χ4v) is 4.50. The van der Waals surface area contributed by atoms with Crippen LogP contribution in [-0.2, 0) is 9.59 Å². The standard InChI is InChI=1S/C27H37N3O6/c1-4-5-15-30(24(31)18-28-26(32)22-12-9-16-36-22)25(27(33)29-20-10-7-6-8-11-20)19-13-14-21(34-2)23(17-19)35-3/h9,12-14,16-17,20,25H,4-8,10-11,15,18H2,1-3H3,(H,28,32)(H,29,33)/t25-/m1/s1. The van der Waals surface area contributed by atoms with Gasteiger partial charge in [-0.1, -0.05) is 38.7 Å². The van der Waals surface area contributed by atoms with Crippen LogP contribution in [0.5, 0.6) is 11.5 Å². The minimum Gasteiger partial charge on any atom is -0.493 e. The zero-order chi connectivity index (χ0) is 25.9. The molecule has 2 aromatic rings. The number of carbonyl (C=O) groups excluding carboxylic acids is 3. The molecule has 1 aromatic carbocycles. The normalized spacial score (nSPS) is 14.5. The van der Waals surface area contributed by atoms with Crippen LogP contribution in [0.3, 0.4) is 0 Å². The number of rotatable bonds is 12. The van der Waals surface area contributed by atoms with E-state index in [1.54, 1.807) is 36.3 Å². The molecule has 1 fully saturated rings. The van der Waals surface area contributed by atoms with E-state index in [1.807, 2.05) is 6.92 Å². The van der Waals surface area contributed by atoms with E-state index in [9.17, 15) is 14.4 Å². The first-order valence-electron chi connectivity index (χ1n) is 12.6. The number of methoxy groups -OCH3 is 2. The number of benzene rings is 1. The van der Waals surface area contributed by atoms with Gasteiger partial charge in [-0.3, -0.25) is 14.4 Å². The van der Waals surface area contributed by atoms with E-state index in [1.165, 1.54) is 25.9 Å². The highest BCUT2D eigenvalue weighted by atomic mass is 16.5. The van der Waals surface area contributed by atoms with Crippen LogP contribution in [0.25, 0.3) is 0 Å². The number of amides is 3. The number of carbonyl (C=O) groups is 3. The van der Waals surface area contributed by atoms with Crippen LogP contribution in [0, 0.1) is 0 Å². The maximum atomic E-state index is 13.7. The molecule has 3 amide bonds. The van der Waals surface area contributed by atoms with Crippen molar-refractivity contribution in [3.05, 3.63) is 47.9 Å². The van der Waals surface area contributed by atoms with Crippen molar-refractivity contribution in [1.29, 1.82) is 0 Å². The first kappa shape index (κ1) is 27.1. The van der Waals surface area contributed by atoms with Crippen molar-refractivity contribution in [2.45, 2.75) is 64.0 Å². The maximum Gasteiger partial charge on any atom is 0.287 e. The highest BCUT2D eigenvalue weighted by Gasteiger charge is 2.33. The number of furan rings is 1. The van der Waals surface area contributed by atoms with E-state index in [0.717, 1.165) is 32.1 Å². The summed E-state index contributed by atoms with van der Waals surface area (Å²) in [7, 11) is 3.08. The fraction of sp³-hybridized carbons (Fsp3) is 0.519. The maximum absolute atomic E-state index is 13.7. The first-order valence-corrected chi connectivity index (χ1v) is 12.6. The van der Waals surface area contributed by atoms with Crippen LogP contribution in [0.1, 0.15) is 74.0 Å². The quantitative estimate of drug-likeness (QED) is 0.459. The first-order chi connectivity index (χ1) is 17.5. The second-order valence-electron chi connectivity index (χ2n) is 8.96. The van der Waals surface area contributed by atoms with Crippen molar-refractivity contribution in [1.82, 2.24) is 15.5 Å². The Bertz CT molecular complexity index is 1000. The lowest BCUT2D eigenvalue weighted by Crippen LogP contribution is -2.49. The van der Waals surface area contributed by atoms with Crippen LogP contribution in [-0.4, -0.2) is 56.0 Å². The zero-order valence-corrected chi connectivity index (χ0v) is 21.4. The number of nitrogens with zero attached hydrogens (tertiary/aromatic N) is 1. The average Bonchev–Trinajstić information content (AvgIpc) is 3.45. The number of unbranched alkanes of at least 4 members (excludes halogenated alkanes) is 1. The monoisotopic (exact) mass is 499 g/mol. The molecule has 0 bridgehead atoms. The molecule has 36 heavy (non-hydrogen) atoms. The molecule has 9 heteroatoms. The van der Waals surface area contributed by atoms with Crippen molar-refractivity contribution in [3.63, 3.8) is 0 Å². The molecule has 0 saturated heterocycles. The molecule has 1 aromatic heterocycles. The van der Waals surface area contributed by atoms with Gasteiger partial charge < -0.3 is 29.4 Å². The number of hydrogen-bond donors (Lipinski definition) is 2. The van der Waals surface area contributed by atoms with Gasteiger partial charge in [-0.15, -0.1) is 0 Å². The van der Waals surface area contributed by atoms with Crippen molar-refractivity contribution in [2.24, 2.45) is 0 Å². The van der Waals surface area contributed by atoms with Gasteiger partial charge in [0, 0.05) is 12.6 Å². The fourth-order valence-electron chi connectivity index (χ4n) is 4.50. The van der Waals surface area contributed by atoms with Crippen LogP contribution in [0.4, 0.5) is 0 Å². The highest BCUT2D eigenvalue weighted by molar-refractivity contribution is 5.95. The molecule has 1 aliphatic carbocycles. The molecule has 0 aliphatic heterocycles. The third-order valence-corrected chi connectivity index (χ3v) is 6.45. The average molecular weight is 500 g/mol. The lowest BCUT2D eigenvalue weighted by molar-refractivity contribution is -0.140. The Labute approximate surface area is 212 Å². The number of hydrogen-bond acceptors (Lipinski definition) is 6. The summed E-state index contributed by atoms with van der Waals surface area (Å²) in [5, 5.41) is 5.78. The van der Waals surface area contributed by atoms with Gasteiger partial charge in [0.25, 0.3) is 5.91 Å². The lowest BCUT2D eigenvalue weighted by atomic mass is 9.94. The van der Waals surface area contributed by atoms with Gasteiger partial charge in [-0.25, -0.2) is 0 Å². The summed E-state index contributed by atoms with van der Waals surface area (Å²) in [6.07, 6.45) is 8.10. The summed E-state index contributed by atoms with van der Waals surface area (Å²) in [4.78, 5) is 41.1. The molecular formula is C27H37N3O6. The van der Waals surface area contributed by atoms with Crippen molar-refractivity contribution >= 4 is 17.7 Å². The third kappa shape index (κ3) is 7.02. The second-order valence-corrected chi connectivity index (χ2v) is 8.96. The summed E-state index contributed by atoms with van der Waals surface area (Å²) in [6, 6.07) is 7.57. The molecule has 1 aliphatic rings. The summed E-state index contributed by atoms with van der Waals surface area (Å²) in [5.41, 5.74) is 0.614. The Morgan fingerprint density at radius 1 is 1.08 bits per heavy atom. The molecule has 0 radical (unpaired) electrons. The van der Waals surface area contributed by atoms with Crippen LogP contribution in [0.2, 0.25) is 0 Å². The summed E-state index contributed by atoms with van der Waals surface area (Å²) in [5.74, 6) is 0.0367. The van der Waals surface area contributed by atoms with E-state index in [4.69, 9.17) is 13.9 Å². The molecule has 2 N–H and O–H groups in total. The van der Waals surface area contributed by atoms with Crippen molar-refractivity contribution < 1.29 is 28.3 Å². The smallest absolute Gasteiger partial charge is 0.287 e. The van der Waals surface area contributed by atoms with E-state index in [-0.39, 0.29) is 30.2 Å². The van der Waals surface area contributed by atoms with Gasteiger partial charge in [0.2, 0.25) is 11.8 Å². The lowest BCUT2D eigenvalue weighted by Gasteiger charge is -2.33. The van der Waals surface area contributed by atoms with Crippen molar-refractivity contribution in [2.75, 3.05) is 27.3 Å². The topological polar surface area (TPSA) is 110 Å². The highest BCUT2D eigenvalue weighted by Crippen LogP contribution is 2.33. The molecule has 1 saturated carbocycles. The molecule has 1 heterocycles.